The Hall–Kier alpha value is -5.22. The van der Waals surface area contributed by atoms with Crippen molar-refractivity contribution in [2.45, 2.75) is 201 Å². The molecule has 386 valence electrons. The summed E-state index contributed by atoms with van der Waals surface area (Å²) in [4.78, 5) is 11.6. The zero-order chi connectivity index (χ0) is 49.2. The van der Waals surface area contributed by atoms with Crippen LogP contribution in [0.1, 0.15) is 243 Å². The Morgan fingerprint density at radius 3 is 0.923 bits per heavy atom. The average molecular weight is 1020 g/mol. The average Bonchev–Trinajstić information content (AvgIpc) is 2.86. The molecule has 0 spiro atoms. The maximum Gasteiger partial charge on any atom is 0.0728 e. The van der Waals surface area contributed by atoms with Crippen LogP contribution in [0, 0.1) is 47.3 Å². The SMILES string of the molecule is c1cc2c(c3c1C1CC4CC(C1)CC3C4)c1c3c4c(c5c6c7c(ncc6n2c15)C1CC2CC(C1)CC7C2)CCc1c-4c(c2c4c5c(ccc4n4c6cnc7c(c6c1c24)C1CC2CC(CC7C2)C1)C1CC2CC(C1)CC5C2)CC3. The van der Waals surface area contributed by atoms with Gasteiger partial charge in [-0.15, -0.1) is 0 Å². The number of pyridine rings is 2. The second-order valence-corrected chi connectivity index (χ2v) is 31.3. The smallest absolute Gasteiger partial charge is 0.0728 e. The standard InChI is InChI=1S/C74H70N4/c1-2-50-62-52(66-70-56(30-76-72-46-27-37-12-38(28-46)24-44(23-37)60(70)72)78-54-8-6-48-40-15-33-10-34(16-40)20-42(19-33)58(48)68(54)64(50)74(66)78)4-3-51-61(62)49(1)63-67-53(7-5-47-39-13-31-9-32(14-39)18-41(17-31)57(47)67)77-55-29-75-71-45-25-35-11-36(26-45)22-43(21-35)59(71)69(55)65(51)73(63)77/h5-8,29-46H,1-4,9-28H2. The molecule has 0 N–H and O–H groups in total. The monoisotopic (exact) mass is 1010 g/mol. The number of aromatic nitrogens is 4. The number of nitrogens with zero attached hydrogens (tertiary/aromatic N) is 4. The Labute approximate surface area is 456 Å². The second-order valence-electron chi connectivity index (χ2n) is 31.3. The van der Waals surface area contributed by atoms with Gasteiger partial charge in [-0.3, -0.25) is 9.97 Å². The van der Waals surface area contributed by atoms with Crippen LogP contribution in [-0.4, -0.2) is 18.8 Å². The van der Waals surface area contributed by atoms with Crippen LogP contribution in [0.2, 0.25) is 0 Å². The molecule has 18 aliphatic carbocycles. The Bertz CT molecular complexity index is 3940. The molecule has 6 heterocycles. The molecule has 28 rings (SSSR count). The summed E-state index contributed by atoms with van der Waals surface area (Å²) < 4.78 is 5.82. The summed E-state index contributed by atoms with van der Waals surface area (Å²) in [6.07, 6.45) is 38.0. The highest BCUT2D eigenvalue weighted by Gasteiger charge is 2.50. The van der Waals surface area contributed by atoms with Crippen LogP contribution >= 0.6 is 0 Å². The molecule has 0 amide bonds. The van der Waals surface area contributed by atoms with Crippen molar-refractivity contribution >= 4 is 76.2 Å². The Kier molecular flexibility index (Phi) is 6.94. The van der Waals surface area contributed by atoms with Gasteiger partial charge in [0.25, 0.3) is 0 Å². The van der Waals surface area contributed by atoms with Crippen molar-refractivity contribution in [1.82, 2.24) is 18.8 Å². The van der Waals surface area contributed by atoms with Crippen molar-refractivity contribution in [3.05, 3.63) is 104 Å². The van der Waals surface area contributed by atoms with Crippen LogP contribution in [0.3, 0.4) is 0 Å². The molecule has 0 radical (unpaired) electrons. The number of rotatable bonds is 0. The lowest BCUT2D eigenvalue weighted by Gasteiger charge is -2.38. The quantitative estimate of drug-likeness (QED) is 0.152. The summed E-state index contributed by atoms with van der Waals surface area (Å²) >= 11 is 0. The summed E-state index contributed by atoms with van der Waals surface area (Å²) in [5, 5.41) is 13.6. The largest absolute Gasteiger partial charge is 0.306 e. The Balaban J connectivity index is 0.904. The molecule has 4 heteroatoms. The lowest BCUT2D eigenvalue weighted by Crippen LogP contribution is -2.25. The molecule has 4 aromatic carbocycles. The van der Waals surface area contributed by atoms with E-state index < -0.39 is 0 Å². The van der Waals surface area contributed by atoms with Gasteiger partial charge in [0.2, 0.25) is 0 Å². The molecule has 10 aromatic rings. The van der Waals surface area contributed by atoms with E-state index >= 15 is 0 Å². The van der Waals surface area contributed by atoms with Crippen molar-refractivity contribution in [3.63, 3.8) is 0 Å². The van der Waals surface area contributed by atoms with Gasteiger partial charge in [-0.1, -0.05) is 12.1 Å². The predicted molar refractivity (Wildman–Crippen MR) is 314 cm³/mol. The fourth-order valence-electron chi connectivity index (χ4n) is 26.5. The number of hydrogen-bond donors (Lipinski definition) is 0. The second kappa shape index (κ2) is 13.2. The highest BCUT2D eigenvalue weighted by atomic mass is 15.0. The summed E-state index contributed by atoms with van der Waals surface area (Å²) in [6, 6.07) is 10.8. The molecule has 16 bridgehead atoms. The summed E-state index contributed by atoms with van der Waals surface area (Å²) in [7, 11) is 0. The zero-order valence-corrected chi connectivity index (χ0v) is 45.5. The Morgan fingerprint density at radius 1 is 0.282 bits per heavy atom. The lowest BCUT2D eigenvalue weighted by atomic mass is 9.66. The van der Waals surface area contributed by atoms with Gasteiger partial charge in [0.1, 0.15) is 0 Å². The number of hydrogen-bond acceptors (Lipinski definition) is 2. The van der Waals surface area contributed by atoms with E-state index in [1.807, 2.05) is 11.1 Å². The van der Waals surface area contributed by atoms with Crippen molar-refractivity contribution in [2.24, 2.45) is 47.3 Å². The van der Waals surface area contributed by atoms with E-state index in [9.17, 15) is 0 Å². The highest BCUT2D eigenvalue weighted by molar-refractivity contribution is 6.32. The lowest BCUT2D eigenvalue weighted by molar-refractivity contribution is 0.165. The number of benzene rings is 4. The van der Waals surface area contributed by atoms with Crippen molar-refractivity contribution in [2.75, 3.05) is 0 Å². The summed E-state index contributed by atoms with van der Waals surface area (Å²) in [5.74, 6) is 12.6. The molecule has 0 aliphatic heterocycles. The van der Waals surface area contributed by atoms with Crippen LogP contribution in [0.25, 0.3) is 87.3 Å². The molecular formula is C74H70N4. The highest BCUT2D eigenvalue weighted by Crippen LogP contribution is 2.67. The minimum atomic E-state index is 0.641. The normalized spacial score (nSPS) is 37.3. The first-order chi connectivity index (χ1) is 38.6. The first kappa shape index (κ1) is 40.9. The molecule has 8 unspecified atom stereocenters. The van der Waals surface area contributed by atoms with Gasteiger partial charge in [0.05, 0.1) is 45.5 Å². The molecule has 4 nitrogen and oxygen atoms in total. The third kappa shape index (κ3) is 4.50. The van der Waals surface area contributed by atoms with Crippen molar-refractivity contribution in [3.8, 4) is 11.1 Å². The maximum atomic E-state index is 5.80. The van der Waals surface area contributed by atoms with Gasteiger partial charge in [-0.2, -0.15) is 0 Å². The van der Waals surface area contributed by atoms with E-state index in [-0.39, 0.29) is 0 Å². The van der Waals surface area contributed by atoms with Gasteiger partial charge in [-0.05, 0) is 316 Å². The van der Waals surface area contributed by atoms with Gasteiger partial charge in [0.15, 0.2) is 0 Å². The van der Waals surface area contributed by atoms with Gasteiger partial charge >= 0.3 is 0 Å². The van der Waals surface area contributed by atoms with Gasteiger partial charge in [-0.25, -0.2) is 0 Å². The predicted octanol–water partition coefficient (Wildman–Crippen LogP) is 18.2. The van der Waals surface area contributed by atoms with E-state index in [0.717, 1.165) is 84.9 Å². The van der Waals surface area contributed by atoms with Crippen LogP contribution < -0.4 is 0 Å². The first-order valence-corrected chi connectivity index (χ1v) is 33.0. The van der Waals surface area contributed by atoms with E-state index in [4.69, 9.17) is 9.97 Å². The fraction of sp³-hybridized carbons (Fsp3) is 0.541. The molecule has 78 heavy (non-hydrogen) atoms. The Morgan fingerprint density at radius 2 is 0.577 bits per heavy atom. The van der Waals surface area contributed by atoms with Gasteiger partial charge < -0.3 is 8.80 Å². The molecule has 8 atom stereocenters. The van der Waals surface area contributed by atoms with Crippen molar-refractivity contribution < 1.29 is 0 Å². The molecule has 18 aliphatic rings. The fourth-order valence-corrected chi connectivity index (χ4v) is 26.5. The molecule has 0 saturated heterocycles. The van der Waals surface area contributed by atoms with Crippen molar-refractivity contribution in [1.29, 1.82) is 0 Å². The van der Waals surface area contributed by atoms with E-state index in [1.165, 1.54) is 162 Å². The van der Waals surface area contributed by atoms with Crippen LogP contribution in [0.5, 0.6) is 0 Å². The topological polar surface area (TPSA) is 34.6 Å². The van der Waals surface area contributed by atoms with Crippen LogP contribution in [0.4, 0.5) is 0 Å². The summed E-state index contributed by atoms with van der Waals surface area (Å²) in [5.41, 5.74) is 33.5. The number of fused-ring (bicyclic) bond motifs is 16. The minimum Gasteiger partial charge on any atom is -0.306 e. The maximum absolute atomic E-state index is 5.80. The van der Waals surface area contributed by atoms with E-state index in [2.05, 4.69) is 45.5 Å². The molecular weight excluding hydrogens is 945 g/mol. The van der Waals surface area contributed by atoms with Crippen LogP contribution in [0.15, 0.2) is 36.7 Å². The minimum absolute atomic E-state index is 0.641. The third-order valence-electron chi connectivity index (χ3n) is 27.9. The zero-order valence-electron chi connectivity index (χ0n) is 45.5. The van der Waals surface area contributed by atoms with E-state index in [1.54, 1.807) is 110 Å². The third-order valence-corrected chi connectivity index (χ3v) is 27.9. The molecule has 6 aromatic heterocycles. The van der Waals surface area contributed by atoms with Crippen LogP contribution in [-0.2, 0) is 25.7 Å². The summed E-state index contributed by atoms with van der Waals surface area (Å²) in [6.45, 7) is 0. The molecule has 8 saturated carbocycles. The van der Waals surface area contributed by atoms with E-state index in [0.29, 0.717) is 35.5 Å². The van der Waals surface area contributed by atoms with Gasteiger partial charge in [0, 0.05) is 66.3 Å². The first-order valence-electron chi connectivity index (χ1n) is 33.0. The molecule has 8 fully saturated rings. The number of aryl methyl sites for hydroxylation is 4.